The molecule has 0 aliphatic carbocycles. The monoisotopic (exact) mass is 544 g/mol. The number of carbonyl (C=O) groups is 4. The Morgan fingerprint density at radius 2 is 0.684 bits per heavy atom. The fourth-order valence-electron chi connectivity index (χ4n) is 2.70. The van der Waals surface area contributed by atoms with Crippen LogP contribution in [0.1, 0.15) is 97.8 Å². The van der Waals surface area contributed by atoms with Crippen molar-refractivity contribution in [1.82, 2.24) is 0 Å². The first-order valence-corrected chi connectivity index (χ1v) is 13.2. The van der Waals surface area contributed by atoms with Gasteiger partial charge in [-0.3, -0.25) is 0 Å². The van der Waals surface area contributed by atoms with Crippen LogP contribution in [0, 0.1) is 0 Å². The minimum Gasteiger partial charge on any atom is -0.550 e. The summed E-state index contributed by atoms with van der Waals surface area (Å²) in [6.45, 7) is 4.38. The molecule has 0 heterocycles. The van der Waals surface area contributed by atoms with E-state index in [1.165, 1.54) is 51.4 Å². The third-order valence-corrected chi connectivity index (χ3v) is 4.87. The van der Waals surface area contributed by atoms with Gasteiger partial charge in [0.2, 0.25) is 0 Å². The van der Waals surface area contributed by atoms with Gasteiger partial charge < -0.3 is 62.5 Å². The number of aliphatic carboxylic acids is 2. The van der Waals surface area contributed by atoms with Crippen molar-refractivity contribution in [1.29, 1.82) is 0 Å². The number of carboxylic acid groups (broad SMARTS) is 4. The zero-order valence-corrected chi connectivity index (χ0v) is 22.7. The SMILES string of the molecule is O=C([O-])CCCCC(=O)[O-].O=C([O-])c1ccc(C(=O)[O-])cc1.[NH3+]CCCCCC[NH3+].[NH3+]CCCCCC[NH3+]. The first-order valence-electron chi connectivity index (χ1n) is 13.2. The van der Waals surface area contributed by atoms with Crippen molar-refractivity contribution >= 4 is 23.9 Å². The molecule has 0 saturated carbocycles. The molecule has 0 atom stereocenters. The van der Waals surface area contributed by atoms with Crippen molar-refractivity contribution < 1.29 is 62.5 Å². The standard InChI is InChI=1S/C8H6O4.2C6H16N2.C6H10O4/c9-7(10)5-1-2-6(4-3-5)8(11)12;2*7-5-3-1-2-4-6-8;7-5(8)3-1-2-4-6(9)10/h1-4H,(H,9,10)(H,11,12);2*1-8H2;1-4H2,(H,7,8)(H,9,10). The van der Waals surface area contributed by atoms with Gasteiger partial charge in [0.15, 0.2) is 0 Å². The van der Waals surface area contributed by atoms with Crippen LogP contribution >= 0.6 is 0 Å². The van der Waals surface area contributed by atoms with Crippen molar-refractivity contribution in [2.45, 2.75) is 77.0 Å². The first kappa shape index (κ1) is 39.5. The number of quaternary nitrogens is 4. The molecule has 1 rings (SSSR count). The van der Waals surface area contributed by atoms with Gasteiger partial charge in [0.05, 0.1) is 38.1 Å². The summed E-state index contributed by atoms with van der Waals surface area (Å²) >= 11 is 0. The van der Waals surface area contributed by atoms with Crippen LogP contribution in [0.3, 0.4) is 0 Å². The van der Waals surface area contributed by atoms with Crippen LogP contribution < -0.4 is 43.4 Å². The number of hydrogen-bond donors (Lipinski definition) is 4. The lowest BCUT2D eigenvalue weighted by Crippen LogP contribution is -2.50. The summed E-state index contributed by atoms with van der Waals surface area (Å²) in [4.78, 5) is 40.0. The summed E-state index contributed by atoms with van der Waals surface area (Å²) in [5.74, 6) is -4.95. The lowest BCUT2D eigenvalue weighted by molar-refractivity contribution is -0.371. The summed E-state index contributed by atoms with van der Waals surface area (Å²) in [5, 5.41) is 40.0. The molecular formula is C26H48N4O8. The van der Waals surface area contributed by atoms with E-state index in [1.807, 2.05) is 0 Å². The highest BCUT2D eigenvalue weighted by atomic mass is 16.4. The maximum atomic E-state index is 10.2. The van der Waals surface area contributed by atoms with E-state index in [4.69, 9.17) is 0 Å². The molecule has 0 radical (unpaired) electrons. The van der Waals surface area contributed by atoms with E-state index < -0.39 is 23.9 Å². The van der Waals surface area contributed by atoms with Crippen LogP contribution in [0.4, 0.5) is 0 Å². The van der Waals surface area contributed by atoms with E-state index in [9.17, 15) is 39.6 Å². The lowest BCUT2D eigenvalue weighted by Gasteiger charge is -2.04. The van der Waals surface area contributed by atoms with Gasteiger partial charge in [0.1, 0.15) is 0 Å². The number of benzene rings is 1. The zero-order valence-electron chi connectivity index (χ0n) is 22.7. The summed E-state index contributed by atoms with van der Waals surface area (Å²) in [5.41, 5.74) is 15.0. The summed E-state index contributed by atoms with van der Waals surface area (Å²) in [6, 6.07) is 4.61. The van der Waals surface area contributed by atoms with Crippen molar-refractivity contribution in [3.05, 3.63) is 35.4 Å². The Kier molecular flexibility index (Phi) is 31.3. The average molecular weight is 545 g/mol. The van der Waals surface area contributed by atoms with E-state index in [2.05, 4.69) is 22.9 Å². The molecule has 220 valence electrons. The van der Waals surface area contributed by atoms with E-state index in [1.54, 1.807) is 0 Å². The van der Waals surface area contributed by atoms with Gasteiger partial charge in [-0.05, 0) is 88.2 Å². The van der Waals surface area contributed by atoms with E-state index in [0.717, 1.165) is 50.4 Å². The summed E-state index contributed by atoms with van der Waals surface area (Å²) < 4.78 is 0. The second-order valence-electron chi connectivity index (χ2n) is 8.35. The smallest absolute Gasteiger partial charge is 0.0739 e. The van der Waals surface area contributed by atoms with Gasteiger partial charge in [-0.2, -0.15) is 0 Å². The molecule has 0 aromatic heterocycles. The van der Waals surface area contributed by atoms with Crippen molar-refractivity contribution in [3.63, 3.8) is 0 Å². The molecule has 0 aliphatic rings. The van der Waals surface area contributed by atoms with Crippen LogP contribution in [-0.4, -0.2) is 50.1 Å². The molecule has 0 bridgehead atoms. The number of unbranched alkanes of at least 4 members (excludes halogenated alkanes) is 7. The Balaban J connectivity index is -0.000000437. The van der Waals surface area contributed by atoms with Crippen molar-refractivity contribution in [2.24, 2.45) is 0 Å². The van der Waals surface area contributed by atoms with Gasteiger partial charge in [-0.25, -0.2) is 0 Å². The number of aromatic carboxylic acids is 2. The Morgan fingerprint density at radius 1 is 0.447 bits per heavy atom. The number of rotatable bonds is 17. The van der Waals surface area contributed by atoms with Crippen molar-refractivity contribution in [2.75, 3.05) is 26.2 Å². The molecule has 0 aliphatic heterocycles. The molecule has 1 aromatic carbocycles. The number of carbonyl (C=O) groups excluding carboxylic acids is 4. The van der Waals surface area contributed by atoms with Gasteiger partial charge in [-0.15, -0.1) is 0 Å². The normalized spacial score (nSPS) is 9.47. The van der Waals surface area contributed by atoms with Gasteiger partial charge in [0, 0.05) is 11.9 Å². The quantitative estimate of drug-likeness (QED) is 0.137. The average Bonchev–Trinajstić information content (AvgIpc) is 2.88. The maximum absolute atomic E-state index is 10.2. The minimum atomic E-state index is -1.33. The van der Waals surface area contributed by atoms with Crippen molar-refractivity contribution in [3.8, 4) is 0 Å². The van der Waals surface area contributed by atoms with Gasteiger partial charge >= 0.3 is 0 Å². The molecule has 12 nitrogen and oxygen atoms in total. The fourth-order valence-corrected chi connectivity index (χ4v) is 2.70. The third-order valence-electron chi connectivity index (χ3n) is 4.87. The van der Waals surface area contributed by atoms with E-state index in [-0.39, 0.29) is 24.0 Å². The van der Waals surface area contributed by atoms with Crippen LogP contribution in [0.25, 0.3) is 0 Å². The van der Waals surface area contributed by atoms with Gasteiger partial charge in [-0.1, -0.05) is 24.3 Å². The second-order valence-corrected chi connectivity index (χ2v) is 8.35. The number of carboxylic acids is 4. The molecule has 0 fully saturated rings. The predicted molar refractivity (Wildman–Crippen MR) is 132 cm³/mol. The van der Waals surface area contributed by atoms with Crippen LogP contribution in [0.2, 0.25) is 0 Å². The molecule has 1 aromatic rings. The molecular weight excluding hydrogens is 496 g/mol. The predicted octanol–water partition coefficient (Wildman–Crippen LogP) is -5.48. The highest BCUT2D eigenvalue weighted by molar-refractivity contribution is 5.89. The molecule has 0 amide bonds. The van der Waals surface area contributed by atoms with Crippen LogP contribution in [0.15, 0.2) is 24.3 Å². The first-order chi connectivity index (χ1) is 18.1. The maximum Gasteiger partial charge on any atom is 0.0739 e. The topological polar surface area (TPSA) is 271 Å². The van der Waals surface area contributed by atoms with E-state index >= 15 is 0 Å². The Bertz CT molecular complexity index is 657. The molecule has 12 heteroatoms. The Labute approximate surface area is 225 Å². The summed E-state index contributed by atoms with van der Waals surface area (Å²) in [7, 11) is 0. The number of hydrogen-bond acceptors (Lipinski definition) is 8. The molecule has 0 spiro atoms. The fraction of sp³-hybridized carbons (Fsp3) is 0.615. The molecule has 0 saturated heterocycles. The Morgan fingerprint density at radius 3 is 0.842 bits per heavy atom. The molecule has 0 unspecified atom stereocenters. The minimum absolute atomic E-state index is 0.0556. The lowest BCUT2D eigenvalue weighted by atomic mass is 10.1. The van der Waals surface area contributed by atoms with Crippen LogP contribution in [0.5, 0.6) is 0 Å². The highest BCUT2D eigenvalue weighted by Crippen LogP contribution is 2.02. The molecule has 38 heavy (non-hydrogen) atoms. The highest BCUT2D eigenvalue weighted by Gasteiger charge is 1.94. The Hall–Kier alpha value is -3.06. The van der Waals surface area contributed by atoms with Gasteiger partial charge in [0.25, 0.3) is 0 Å². The largest absolute Gasteiger partial charge is 0.550 e. The third kappa shape index (κ3) is 32.9. The van der Waals surface area contributed by atoms with E-state index in [0.29, 0.717) is 12.8 Å². The second kappa shape index (κ2) is 30.2. The molecule has 12 N–H and O–H groups in total. The zero-order chi connectivity index (χ0) is 29.6. The van der Waals surface area contributed by atoms with Crippen LogP contribution in [-0.2, 0) is 9.59 Å². The summed E-state index contributed by atoms with van der Waals surface area (Å²) in [6.07, 6.45) is 11.1.